The predicted molar refractivity (Wildman–Crippen MR) is 56.3 cm³/mol. The predicted octanol–water partition coefficient (Wildman–Crippen LogP) is 3.08. The van der Waals surface area contributed by atoms with Crippen molar-refractivity contribution in [1.82, 2.24) is 5.32 Å². The molecule has 1 fully saturated rings. The zero-order valence-electron chi connectivity index (χ0n) is 8.80. The Labute approximate surface area is 92.7 Å². The molecule has 4 heteroatoms. The average molecular weight is 229 g/mol. The first-order chi connectivity index (χ1) is 7.54. The molecule has 1 aliphatic rings. The normalized spacial score (nSPS) is 25.2. The van der Waals surface area contributed by atoms with Crippen molar-refractivity contribution in [3.63, 3.8) is 0 Å². The van der Waals surface area contributed by atoms with E-state index < -0.39 is 12.7 Å². The van der Waals surface area contributed by atoms with Crippen LogP contribution in [0.5, 0.6) is 0 Å². The minimum Gasteiger partial charge on any atom is -0.306 e. The van der Waals surface area contributed by atoms with Crippen molar-refractivity contribution in [2.45, 2.75) is 31.0 Å². The van der Waals surface area contributed by atoms with Crippen LogP contribution >= 0.6 is 0 Å². The maximum absolute atomic E-state index is 11.9. The Morgan fingerprint density at radius 3 is 2.31 bits per heavy atom. The largest absolute Gasteiger partial charge is 0.401 e. The van der Waals surface area contributed by atoms with Crippen LogP contribution in [-0.4, -0.2) is 18.8 Å². The zero-order chi connectivity index (χ0) is 11.6. The Balaban J connectivity index is 1.74. The van der Waals surface area contributed by atoms with Gasteiger partial charge in [-0.3, -0.25) is 0 Å². The lowest BCUT2D eigenvalue weighted by atomic mass is 9.76. The number of halogens is 3. The summed E-state index contributed by atoms with van der Waals surface area (Å²) in [4.78, 5) is 0. The number of hydrogen-bond donors (Lipinski definition) is 1. The van der Waals surface area contributed by atoms with Gasteiger partial charge in [0.1, 0.15) is 0 Å². The molecule has 1 saturated carbocycles. The summed E-state index contributed by atoms with van der Waals surface area (Å²) in [6.45, 7) is -0.876. The highest BCUT2D eigenvalue weighted by molar-refractivity contribution is 5.22. The first kappa shape index (κ1) is 11.5. The molecule has 2 rings (SSSR count). The summed E-state index contributed by atoms with van der Waals surface area (Å²) >= 11 is 0. The van der Waals surface area contributed by atoms with Crippen molar-refractivity contribution in [3.8, 4) is 0 Å². The SMILES string of the molecule is FC(F)(F)CNC1CC(c2ccccc2)C1. The molecule has 0 aliphatic heterocycles. The van der Waals surface area contributed by atoms with Gasteiger partial charge in [-0.1, -0.05) is 30.3 Å². The lowest BCUT2D eigenvalue weighted by molar-refractivity contribution is -0.127. The smallest absolute Gasteiger partial charge is 0.306 e. The van der Waals surface area contributed by atoms with E-state index in [0.29, 0.717) is 5.92 Å². The van der Waals surface area contributed by atoms with Crippen LogP contribution in [0.2, 0.25) is 0 Å². The molecule has 0 bridgehead atoms. The summed E-state index contributed by atoms with van der Waals surface area (Å²) in [5.74, 6) is 0.423. The van der Waals surface area contributed by atoms with Gasteiger partial charge in [-0.05, 0) is 24.3 Å². The summed E-state index contributed by atoms with van der Waals surface area (Å²) in [5, 5.41) is 2.53. The first-order valence-electron chi connectivity index (χ1n) is 5.40. The van der Waals surface area contributed by atoms with Crippen molar-refractivity contribution < 1.29 is 13.2 Å². The third-order valence-corrected chi connectivity index (χ3v) is 3.00. The molecule has 0 aromatic heterocycles. The minimum atomic E-state index is -4.10. The molecule has 1 aliphatic carbocycles. The van der Waals surface area contributed by atoms with E-state index in [1.807, 2.05) is 30.3 Å². The number of benzene rings is 1. The van der Waals surface area contributed by atoms with Crippen molar-refractivity contribution in [3.05, 3.63) is 35.9 Å². The van der Waals surface area contributed by atoms with Crippen molar-refractivity contribution in [2.24, 2.45) is 0 Å². The van der Waals surface area contributed by atoms with Gasteiger partial charge in [0.15, 0.2) is 0 Å². The van der Waals surface area contributed by atoms with Crippen molar-refractivity contribution in [2.75, 3.05) is 6.54 Å². The second-order valence-electron chi connectivity index (χ2n) is 4.27. The van der Waals surface area contributed by atoms with E-state index in [1.165, 1.54) is 5.56 Å². The van der Waals surface area contributed by atoms with E-state index in [0.717, 1.165) is 12.8 Å². The van der Waals surface area contributed by atoms with E-state index in [9.17, 15) is 13.2 Å². The van der Waals surface area contributed by atoms with Crippen molar-refractivity contribution in [1.29, 1.82) is 0 Å². The van der Waals surface area contributed by atoms with Crippen LogP contribution in [0.25, 0.3) is 0 Å². The van der Waals surface area contributed by atoms with E-state index in [1.54, 1.807) is 0 Å². The molecular weight excluding hydrogens is 215 g/mol. The molecule has 1 N–H and O–H groups in total. The van der Waals surface area contributed by atoms with E-state index in [4.69, 9.17) is 0 Å². The molecule has 16 heavy (non-hydrogen) atoms. The molecule has 0 radical (unpaired) electrons. The highest BCUT2D eigenvalue weighted by Crippen LogP contribution is 2.36. The standard InChI is InChI=1S/C12H14F3N/c13-12(14,15)8-16-11-6-10(7-11)9-4-2-1-3-5-9/h1-5,10-11,16H,6-8H2. The number of hydrogen-bond acceptors (Lipinski definition) is 1. The Morgan fingerprint density at radius 1 is 1.12 bits per heavy atom. The Morgan fingerprint density at radius 2 is 1.75 bits per heavy atom. The Hall–Kier alpha value is -1.03. The molecule has 0 atom stereocenters. The van der Waals surface area contributed by atoms with E-state index in [2.05, 4.69) is 5.32 Å². The summed E-state index contributed by atoms with van der Waals surface area (Å²) < 4.78 is 35.8. The van der Waals surface area contributed by atoms with Gasteiger partial charge in [0.05, 0.1) is 6.54 Å². The fourth-order valence-corrected chi connectivity index (χ4v) is 2.04. The van der Waals surface area contributed by atoms with Crippen LogP contribution in [0.15, 0.2) is 30.3 Å². The van der Waals surface area contributed by atoms with Gasteiger partial charge in [-0.25, -0.2) is 0 Å². The highest BCUT2D eigenvalue weighted by Gasteiger charge is 2.34. The van der Waals surface area contributed by atoms with Gasteiger partial charge in [0.2, 0.25) is 0 Å². The lowest BCUT2D eigenvalue weighted by Crippen LogP contribution is -2.44. The van der Waals surface area contributed by atoms with Gasteiger partial charge in [0, 0.05) is 6.04 Å². The lowest BCUT2D eigenvalue weighted by Gasteiger charge is -2.36. The maximum atomic E-state index is 11.9. The zero-order valence-corrected chi connectivity index (χ0v) is 8.80. The first-order valence-corrected chi connectivity index (χ1v) is 5.40. The van der Waals surface area contributed by atoms with Gasteiger partial charge in [0.25, 0.3) is 0 Å². The molecule has 1 nitrogen and oxygen atoms in total. The third-order valence-electron chi connectivity index (χ3n) is 3.00. The van der Waals surface area contributed by atoms with Crippen LogP contribution in [0.3, 0.4) is 0 Å². The summed E-state index contributed by atoms with van der Waals surface area (Å²) in [6, 6.07) is 9.96. The number of rotatable bonds is 3. The summed E-state index contributed by atoms with van der Waals surface area (Å²) in [6.07, 6.45) is -2.49. The van der Waals surface area contributed by atoms with Crippen LogP contribution < -0.4 is 5.32 Å². The number of alkyl halides is 3. The molecule has 0 spiro atoms. The molecule has 1 aromatic carbocycles. The fraction of sp³-hybridized carbons (Fsp3) is 0.500. The minimum absolute atomic E-state index is 0.0202. The highest BCUT2D eigenvalue weighted by atomic mass is 19.4. The number of nitrogens with one attached hydrogen (secondary N) is 1. The van der Waals surface area contributed by atoms with Crippen LogP contribution in [0.4, 0.5) is 13.2 Å². The van der Waals surface area contributed by atoms with E-state index >= 15 is 0 Å². The van der Waals surface area contributed by atoms with Crippen LogP contribution in [-0.2, 0) is 0 Å². The molecule has 0 heterocycles. The second kappa shape index (κ2) is 4.45. The third kappa shape index (κ3) is 2.98. The van der Waals surface area contributed by atoms with E-state index in [-0.39, 0.29) is 6.04 Å². The van der Waals surface area contributed by atoms with Gasteiger partial charge in [-0.2, -0.15) is 13.2 Å². The summed E-state index contributed by atoms with van der Waals surface area (Å²) in [7, 11) is 0. The topological polar surface area (TPSA) is 12.0 Å². The average Bonchev–Trinajstić information content (AvgIpc) is 2.15. The molecule has 0 unspecified atom stereocenters. The van der Waals surface area contributed by atoms with Gasteiger partial charge >= 0.3 is 6.18 Å². The monoisotopic (exact) mass is 229 g/mol. The van der Waals surface area contributed by atoms with Gasteiger partial charge < -0.3 is 5.32 Å². The Bertz CT molecular complexity index is 328. The quantitative estimate of drug-likeness (QED) is 0.839. The molecular formula is C12H14F3N. The van der Waals surface area contributed by atoms with Gasteiger partial charge in [-0.15, -0.1) is 0 Å². The van der Waals surface area contributed by atoms with Crippen molar-refractivity contribution >= 4 is 0 Å². The van der Waals surface area contributed by atoms with Crippen LogP contribution in [0, 0.1) is 0 Å². The second-order valence-corrected chi connectivity index (χ2v) is 4.27. The molecule has 0 saturated heterocycles. The van der Waals surface area contributed by atoms with Crippen LogP contribution in [0.1, 0.15) is 24.3 Å². The Kier molecular flexibility index (Phi) is 3.19. The molecule has 0 amide bonds. The molecule has 88 valence electrons. The summed E-state index contributed by atoms with van der Waals surface area (Å²) in [5.41, 5.74) is 1.23. The fourth-order valence-electron chi connectivity index (χ4n) is 2.04. The maximum Gasteiger partial charge on any atom is 0.401 e. The molecule has 1 aromatic rings.